The summed E-state index contributed by atoms with van der Waals surface area (Å²) in [5, 5.41) is 11.6. The van der Waals surface area contributed by atoms with Crippen LogP contribution in [-0.2, 0) is 0 Å². The maximum Gasteiger partial charge on any atom is 0.230 e. The van der Waals surface area contributed by atoms with Crippen LogP contribution < -0.4 is 10.2 Å². The number of nitrogens with zero attached hydrogens (tertiary/aromatic N) is 4. The number of hydrogen-bond acceptors (Lipinski definition) is 5. The van der Waals surface area contributed by atoms with Crippen molar-refractivity contribution in [3.8, 4) is 11.3 Å². The van der Waals surface area contributed by atoms with Crippen LogP contribution in [0.15, 0.2) is 48.5 Å². The van der Waals surface area contributed by atoms with E-state index in [1.54, 1.807) is 6.07 Å². The van der Waals surface area contributed by atoms with Crippen LogP contribution in [0.5, 0.6) is 0 Å². The molecule has 8 heteroatoms. The van der Waals surface area contributed by atoms with Gasteiger partial charge >= 0.3 is 0 Å². The second kappa shape index (κ2) is 7.91. The van der Waals surface area contributed by atoms with Gasteiger partial charge in [-0.25, -0.2) is 9.37 Å². The van der Waals surface area contributed by atoms with Crippen LogP contribution in [0.4, 0.5) is 22.0 Å². The number of halogens is 2. The van der Waals surface area contributed by atoms with Crippen molar-refractivity contribution < 1.29 is 4.39 Å². The molecule has 0 spiro atoms. The predicted molar refractivity (Wildman–Crippen MR) is 118 cm³/mol. The quantitative estimate of drug-likeness (QED) is 0.451. The van der Waals surface area contributed by atoms with Crippen molar-refractivity contribution in [3.05, 3.63) is 59.4 Å². The Morgan fingerprint density at radius 1 is 1.00 bits per heavy atom. The molecule has 1 aliphatic heterocycles. The SMILES string of the molecule is Fc1ccc2[nH]nc(Nc3nc(-c4ccccc4Cl)cc(N4CCCCC4)n3)c2c1. The van der Waals surface area contributed by atoms with E-state index in [0.29, 0.717) is 22.2 Å². The third-order valence-electron chi connectivity index (χ3n) is 5.30. The fourth-order valence-electron chi connectivity index (χ4n) is 3.77. The molecule has 30 heavy (non-hydrogen) atoms. The molecule has 1 aliphatic rings. The highest BCUT2D eigenvalue weighted by Gasteiger charge is 2.17. The molecule has 0 unspecified atom stereocenters. The Morgan fingerprint density at radius 2 is 1.83 bits per heavy atom. The van der Waals surface area contributed by atoms with Crippen LogP contribution in [0.2, 0.25) is 5.02 Å². The first-order chi connectivity index (χ1) is 14.7. The number of aromatic amines is 1. The Balaban J connectivity index is 1.58. The lowest BCUT2D eigenvalue weighted by atomic mass is 10.1. The summed E-state index contributed by atoms with van der Waals surface area (Å²) in [6.45, 7) is 1.91. The van der Waals surface area contributed by atoms with Gasteiger partial charge in [-0.15, -0.1) is 0 Å². The summed E-state index contributed by atoms with van der Waals surface area (Å²) < 4.78 is 13.7. The monoisotopic (exact) mass is 422 g/mol. The standard InChI is InChI=1S/C22H20ClFN6/c23-17-7-3-2-6-15(17)19-13-20(30-10-4-1-5-11-30)26-22(25-19)27-21-16-12-14(24)8-9-18(16)28-29-21/h2-3,6-9,12-13H,1,4-5,10-11H2,(H2,25,26,27,28,29). The smallest absolute Gasteiger partial charge is 0.230 e. The number of benzene rings is 2. The summed E-state index contributed by atoms with van der Waals surface area (Å²) in [4.78, 5) is 11.7. The van der Waals surface area contributed by atoms with Crippen LogP contribution in [0, 0.1) is 5.82 Å². The molecule has 5 rings (SSSR count). The Bertz CT molecular complexity index is 1200. The van der Waals surface area contributed by atoms with Gasteiger partial charge in [0.2, 0.25) is 5.95 Å². The van der Waals surface area contributed by atoms with E-state index in [0.717, 1.165) is 48.5 Å². The zero-order valence-corrected chi connectivity index (χ0v) is 17.0. The van der Waals surface area contributed by atoms with E-state index in [2.05, 4.69) is 25.4 Å². The van der Waals surface area contributed by atoms with Gasteiger partial charge in [0, 0.05) is 35.1 Å². The maximum absolute atomic E-state index is 13.7. The number of aromatic nitrogens is 4. The average Bonchev–Trinajstić information content (AvgIpc) is 3.16. The van der Waals surface area contributed by atoms with Gasteiger partial charge in [-0.1, -0.05) is 29.8 Å². The van der Waals surface area contributed by atoms with Crippen LogP contribution in [0.3, 0.4) is 0 Å². The summed E-state index contributed by atoms with van der Waals surface area (Å²) in [6.07, 6.45) is 3.50. The van der Waals surface area contributed by atoms with Gasteiger partial charge in [0.15, 0.2) is 5.82 Å². The van der Waals surface area contributed by atoms with Gasteiger partial charge < -0.3 is 10.2 Å². The first kappa shape index (κ1) is 18.8. The third kappa shape index (κ3) is 3.68. The summed E-state index contributed by atoms with van der Waals surface area (Å²) in [7, 11) is 0. The van der Waals surface area contributed by atoms with E-state index < -0.39 is 0 Å². The van der Waals surface area contributed by atoms with Crippen molar-refractivity contribution >= 4 is 40.1 Å². The number of nitrogens with one attached hydrogen (secondary N) is 2. The topological polar surface area (TPSA) is 69.7 Å². The second-order valence-electron chi connectivity index (χ2n) is 7.35. The van der Waals surface area contributed by atoms with Gasteiger partial charge in [-0.3, -0.25) is 5.10 Å². The summed E-state index contributed by atoms with van der Waals surface area (Å²) in [5.74, 6) is 1.39. The molecule has 1 fully saturated rings. The number of H-pyrrole nitrogens is 1. The van der Waals surface area contributed by atoms with E-state index in [-0.39, 0.29) is 5.82 Å². The fourth-order valence-corrected chi connectivity index (χ4v) is 4.00. The fraction of sp³-hybridized carbons (Fsp3) is 0.227. The number of piperidine rings is 1. The van der Waals surface area contributed by atoms with Crippen LogP contribution in [0.25, 0.3) is 22.2 Å². The molecule has 2 aromatic heterocycles. The van der Waals surface area contributed by atoms with Gasteiger partial charge in [-0.05, 0) is 43.5 Å². The van der Waals surface area contributed by atoms with Crippen LogP contribution >= 0.6 is 11.6 Å². The van der Waals surface area contributed by atoms with E-state index in [4.69, 9.17) is 16.6 Å². The van der Waals surface area contributed by atoms with E-state index in [1.807, 2.05) is 30.3 Å². The van der Waals surface area contributed by atoms with E-state index in [9.17, 15) is 4.39 Å². The highest BCUT2D eigenvalue weighted by atomic mass is 35.5. The zero-order chi connectivity index (χ0) is 20.5. The Kier molecular flexibility index (Phi) is 4.96. The molecule has 2 N–H and O–H groups in total. The molecule has 0 radical (unpaired) electrons. The molecule has 6 nitrogen and oxygen atoms in total. The highest BCUT2D eigenvalue weighted by Crippen LogP contribution is 2.31. The van der Waals surface area contributed by atoms with Gasteiger partial charge in [0.05, 0.1) is 11.2 Å². The van der Waals surface area contributed by atoms with E-state index >= 15 is 0 Å². The molecule has 0 saturated carbocycles. The second-order valence-corrected chi connectivity index (χ2v) is 7.76. The molecule has 1 saturated heterocycles. The molecule has 3 heterocycles. The predicted octanol–water partition coefficient (Wildman–Crippen LogP) is 5.55. The number of hydrogen-bond donors (Lipinski definition) is 2. The third-order valence-corrected chi connectivity index (χ3v) is 5.63. The number of rotatable bonds is 4. The molecule has 4 aromatic rings. The molecule has 0 atom stereocenters. The van der Waals surface area contributed by atoms with E-state index in [1.165, 1.54) is 18.6 Å². The molecular weight excluding hydrogens is 403 g/mol. The van der Waals surface area contributed by atoms with Crippen molar-refractivity contribution in [2.75, 3.05) is 23.3 Å². The molecular formula is C22H20ClFN6. The Hall–Kier alpha value is -3.19. The Labute approximate surface area is 178 Å². The largest absolute Gasteiger partial charge is 0.356 e. The lowest BCUT2D eigenvalue weighted by molar-refractivity contribution is 0.573. The normalized spacial score (nSPS) is 14.3. The minimum atomic E-state index is -0.327. The maximum atomic E-state index is 13.7. The van der Waals surface area contributed by atoms with Gasteiger partial charge in [0.25, 0.3) is 0 Å². The first-order valence-corrected chi connectivity index (χ1v) is 10.3. The number of anilines is 3. The van der Waals surface area contributed by atoms with Crippen molar-refractivity contribution in [2.24, 2.45) is 0 Å². The van der Waals surface area contributed by atoms with Crippen molar-refractivity contribution in [1.29, 1.82) is 0 Å². The minimum absolute atomic E-state index is 0.327. The molecule has 2 aromatic carbocycles. The zero-order valence-electron chi connectivity index (χ0n) is 16.2. The highest BCUT2D eigenvalue weighted by molar-refractivity contribution is 6.33. The summed E-state index contributed by atoms with van der Waals surface area (Å²) in [5.41, 5.74) is 2.29. The van der Waals surface area contributed by atoms with Crippen molar-refractivity contribution in [3.63, 3.8) is 0 Å². The number of fused-ring (bicyclic) bond motifs is 1. The van der Waals surface area contributed by atoms with Crippen molar-refractivity contribution in [1.82, 2.24) is 20.2 Å². The van der Waals surface area contributed by atoms with Gasteiger partial charge in [-0.2, -0.15) is 10.1 Å². The summed E-state index contributed by atoms with van der Waals surface area (Å²) >= 11 is 6.43. The van der Waals surface area contributed by atoms with Gasteiger partial charge in [0.1, 0.15) is 11.6 Å². The lowest BCUT2D eigenvalue weighted by Crippen LogP contribution is -2.30. The van der Waals surface area contributed by atoms with Crippen LogP contribution in [-0.4, -0.2) is 33.3 Å². The molecule has 152 valence electrons. The average molecular weight is 423 g/mol. The molecule has 0 bridgehead atoms. The first-order valence-electron chi connectivity index (χ1n) is 9.97. The van der Waals surface area contributed by atoms with Crippen molar-refractivity contribution in [2.45, 2.75) is 19.3 Å². The lowest BCUT2D eigenvalue weighted by Gasteiger charge is -2.28. The summed E-state index contributed by atoms with van der Waals surface area (Å²) in [6, 6.07) is 14.1. The van der Waals surface area contributed by atoms with Crippen LogP contribution in [0.1, 0.15) is 19.3 Å². The molecule has 0 aliphatic carbocycles. The Morgan fingerprint density at radius 3 is 2.67 bits per heavy atom. The minimum Gasteiger partial charge on any atom is -0.356 e. The molecule has 0 amide bonds.